The molecule has 2 aromatic carbocycles. The largest absolute Gasteiger partial charge is 0.507 e. The van der Waals surface area contributed by atoms with Gasteiger partial charge in [-0.25, -0.2) is 9.59 Å². The molecule has 114 valence electrons. The lowest BCUT2D eigenvalue weighted by Gasteiger charge is -2.10. The Morgan fingerprint density at radius 2 is 0.818 bits per heavy atom. The van der Waals surface area contributed by atoms with Crippen molar-refractivity contribution in [3.05, 3.63) is 35.4 Å². The van der Waals surface area contributed by atoms with E-state index in [0.717, 1.165) is 24.3 Å². The van der Waals surface area contributed by atoms with Crippen molar-refractivity contribution >= 4 is 11.9 Å². The zero-order valence-electron chi connectivity index (χ0n) is 10.8. The molecule has 2 rings (SSSR count). The van der Waals surface area contributed by atoms with Crippen LogP contribution in [0.15, 0.2) is 24.3 Å². The summed E-state index contributed by atoms with van der Waals surface area (Å²) in [7, 11) is 0. The van der Waals surface area contributed by atoms with E-state index in [4.69, 9.17) is 10.2 Å². The second-order valence-corrected chi connectivity index (χ2v) is 4.39. The molecule has 0 radical (unpaired) electrons. The number of rotatable bonds is 3. The summed E-state index contributed by atoms with van der Waals surface area (Å²) < 4.78 is 0. The molecule has 0 fully saturated rings. The van der Waals surface area contributed by atoms with Crippen molar-refractivity contribution in [2.75, 3.05) is 0 Å². The lowest BCUT2D eigenvalue weighted by Crippen LogP contribution is -1.99. The zero-order valence-corrected chi connectivity index (χ0v) is 10.8. The number of aromatic carboxylic acids is 2. The first kappa shape index (κ1) is 15.0. The van der Waals surface area contributed by atoms with Crippen molar-refractivity contribution in [3.8, 4) is 34.1 Å². The molecule has 0 unspecified atom stereocenters. The molecule has 0 amide bonds. The predicted octanol–water partition coefficient (Wildman–Crippen LogP) is 1.57. The lowest BCUT2D eigenvalue weighted by atomic mass is 9.99. The fraction of sp³-hybridized carbons (Fsp3) is 0. The van der Waals surface area contributed by atoms with Crippen LogP contribution in [0.3, 0.4) is 0 Å². The van der Waals surface area contributed by atoms with Gasteiger partial charge in [-0.1, -0.05) is 0 Å². The van der Waals surface area contributed by atoms with Crippen LogP contribution >= 0.6 is 0 Å². The highest BCUT2D eigenvalue weighted by atomic mass is 16.4. The number of hydrogen-bond donors (Lipinski definition) is 6. The molecule has 0 atom stereocenters. The first-order valence-electron chi connectivity index (χ1n) is 5.81. The highest BCUT2D eigenvalue weighted by Gasteiger charge is 2.20. The van der Waals surface area contributed by atoms with E-state index in [0.29, 0.717) is 0 Å². The molecule has 0 heterocycles. The second kappa shape index (κ2) is 5.17. The van der Waals surface area contributed by atoms with E-state index in [1.54, 1.807) is 0 Å². The third-order valence-corrected chi connectivity index (χ3v) is 2.95. The van der Waals surface area contributed by atoms with Gasteiger partial charge in [0.05, 0.1) is 0 Å². The molecule has 0 aliphatic heterocycles. The molecule has 6 N–H and O–H groups in total. The van der Waals surface area contributed by atoms with E-state index in [9.17, 15) is 30.0 Å². The van der Waals surface area contributed by atoms with Crippen LogP contribution in [0.1, 0.15) is 20.7 Å². The van der Waals surface area contributed by atoms with Gasteiger partial charge in [-0.2, -0.15) is 0 Å². The van der Waals surface area contributed by atoms with Gasteiger partial charge in [-0.3, -0.25) is 0 Å². The van der Waals surface area contributed by atoms with Gasteiger partial charge in [0, 0.05) is 0 Å². The predicted molar refractivity (Wildman–Crippen MR) is 72.5 cm³/mol. The number of hydrogen-bond acceptors (Lipinski definition) is 6. The Hall–Kier alpha value is -3.42. The van der Waals surface area contributed by atoms with E-state index in [-0.39, 0.29) is 11.1 Å². The van der Waals surface area contributed by atoms with Crippen LogP contribution in [0.4, 0.5) is 0 Å². The van der Waals surface area contributed by atoms with Crippen LogP contribution in [0.2, 0.25) is 0 Å². The normalized spacial score (nSPS) is 10.4. The van der Waals surface area contributed by atoms with Gasteiger partial charge in [-0.15, -0.1) is 0 Å². The van der Waals surface area contributed by atoms with Crippen LogP contribution in [-0.4, -0.2) is 42.6 Å². The molecule has 0 bridgehead atoms. The smallest absolute Gasteiger partial charge is 0.343 e. The Balaban J connectivity index is 2.63. The van der Waals surface area contributed by atoms with Crippen LogP contribution in [0.5, 0.6) is 23.0 Å². The highest BCUT2D eigenvalue weighted by Crippen LogP contribution is 2.38. The maximum absolute atomic E-state index is 10.9. The zero-order chi connectivity index (χ0) is 16.6. The molecule has 0 saturated heterocycles. The van der Waals surface area contributed by atoms with E-state index < -0.39 is 46.1 Å². The first-order chi connectivity index (χ1) is 10.2. The van der Waals surface area contributed by atoms with Crippen LogP contribution in [-0.2, 0) is 0 Å². The quantitative estimate of drug-likeness (QED) is 0.499. The molecule has 0 aromatic heterocycles. The third kappa shape index (κ3) is 2.44. The summed E-state index contributed by atoms with van der Waals surface area (Å²) in [6.07, 6.45) is 0. The van der Waals surface area contributed by atoms with Crippen molar-refractivity contribution in [1.29, 1.82) is 0 Å². The number of carboxylic acid groups (broad SMARTS) is 2. The van der Waals surface area contributed by atoms with Crippen molar-refractivity contribution in [1.82, 2.24) is 0 Å². The number of aromatic hydroxyl groups is 4. The van der Waals surface area contributed by atoms with E-state index in [1.165, 1.54) is 0 Å². The maximum Gasteiger partial charge on any atom is 0.343 e. The average molecular weight is 306 g/mol. The lowest BCUT2D eigenvalue weighted by molar-refractivity contribution is 0.0678. The summed E-state index contributed by atoms with van der Waals surface area (Å²) in [6, 6.07) is 3.99. The topological polar surface area (TPSA) is 156 Å². The first-order valence-corrected chi connectivity index (χ1v) is 5.81. The monoisotopic (exact) mass is 306 g/mol. The van der Waals surface area contributed by atoms with Crippen LogP contribution in [0.25, 0.3) is 11.1 Å². The summed E-state index contributed by atoms with van der Waals surface area (Å²) >= 11 is 0. The Bertz CT molecular complexity index is 680. The summed E-state index contributed by atoms with van der Waals surface area (Å²) in [5.41, 5.74) is -1.25. The minimum atomic E-state index is -1.53. The van der Waals surface area contributed by atoms with Gasteiger partial charge in [-0.05, 0) is 35.4 Å². The summed E-state index contributed by atoms with van der Waals surface area (Å²) in [5.74, 6) is -5.94. The molecule has 22 heavy (non-hydrogen) atoms. The molecule has 0 aliphatic rings. The second-order valence-electron chi connectivity index (χ2n) is 4.39. The molecular formula is C14H10O8. The fourth-order valence-corrected chi connectivity index (χ4v) is 2.00. The van der Waals surface area contributed by atoms with E-state index in [1.807, 2.05) is 0 Å². The van der Waals surface area contributed by atoms with Crippen LogP contribution in [0, 0.1) is 0 Å². The number of carboxylic acids is 2. The average Bonchev–Trinajstić information content (AvgIpc) is 2.35. The van der Waals surface area contributed by atoms with Gasteiger partial charge in [0.15, 0.2) is 0 Å². The number of benzene rings is 2. The molecule has 0 spiro atoms. The summed E-state index contributed by atoms with van der Waals surface area (Å²) in [5, 5.41) is 56.2. The van der Waals surface area contributed by atoms with Crippen molar-refractivity contribution in [3.63, 3.8) is 0 Å². The van der Waals surface area contributed by atoms with Crippen molar-refractivity contribution < 1.29 is 40.2 Å². The van der Waals surface area contributed by atoms with Gasteiger partial charge >= 0.3 is 11.9 Å². The summed E-state index contributed by atoms with van der Waals surface area (Å²) in [6.45, 7) is 0. The van der Waals surface area contributed by atoms with E-state index >= 15 is 0 Å². The fourth-order valence-electron chi connectivity index (χ4n) is 2.00. The summed E-state index contributed by atoms with van der Waals surface area (Å²) in [4.78, 5) is 21.7. The molecule has 0 saturated carbocycles. The van der Waals surface area contributed by atoms with E-state index in [2.05, 4.69) is 0 Å². The minimum absolute atomic E-state index is 0.0718. The Kier molecular flexibility index (Phi) is 3.52. The third-order valence-electron chi connectivity index (χ3n) is 2.95. The number of carbonyl (C=O) groups is 2. The molecule has 0 aliphatic carbocycles. The highest BCUT2D eigenvalue weighted by molar-refractivity contribution is 5.97. The number of phenols is 4. The van der Waals surface area contributed by atoms with Gasteiger partial charge in [0.25, 0.3) is 0 Å². The van der Waals surface area contributed by atoms with Crippen molar-refractivity contribution in [2.45, 2.75) is 0 Å². The Labute approximate surface area is 122 Å². The SMILES string of the molecule is O=C(O)c1c(O)cc(-c2cc(O)c(C(=O)O)c(O)c2)cc1O. The van der Waals surface area contributed by atoms with Crippen LogP contribution < -0.4 is 0 Å². The Morgan fingerprint density at radius 1 is 0.591 bits per heavy atom. The van der Waals surface area contributed by atoms with Gasteiger partial charge < -0.3 is 30.6 Å². The Morgan fingerprint density at radius 3 is 1.00 bits per heavy atom. The minimum Gasteiger partial charge on any atom is -0.507 e. The maximum atomic E-state index is 10.9. The standard InChI is InChI=1S/C14H10O8/c15-7-1-5(2-8(16)11(7)13(19)20)6-3-9(17)12(14(21)22)10(18)4-6/h1-4,15-18H,(H,19,20)(H,21,22). The van der Waals surface area contributed by atoms with Gasteiger partial charge in [0.1, 0.15) is 34.1 Å². The van der Waals surface area contributed by atoms with Gasteiger partial charge in [0.2, 0.25) is 0 Å². The molecule has 2 aromatic rings. The molecular weight excluding hydrogens is 296 g/mol. The molecule has 8 nitrogen and oxygen atoms in total. The molecule has 8 heteroatoms. The van der Waals surface area contributed by atoms with Crippen molar-refractivity contribution in [2.24, 2.45) is 0 Å².